The summed E-state index contributed by atoms with van der Waals surface area (Å²) in [4.78, 5) is 42.7. The summed E-state index contributed by atoms with van der Waals surface area (Å²) in [6, 6.07) is 6.54. The lowest BCUT2D eigenvalue weighted by atomic mass is 9.97. The molecule has 0 atom stereocenters. The van der Waals surface area contributed by atoms with Gasteiger partial charge in [-0.05, 0) is 78.4 Å². The molecule has 2 amide bonds. The van der Waals surface area contributed by atoms with Crippen molar-refractivity contribution in [3.8, 4) is 5.82 Å². The third kappa shape index (κ3) is 6.11. The van der Waals surface area contributed by atoms with Crippen LogP contribution in [-0.4, -0.2) is 45.7 Å². The Morgan fingerprint density at radius 1 is 1.15 bits per heavy atom. The molecule has 1 aliphatic carbocycles. The van der Waals surface area contributed by atoms with E-state index in [9.17, 15) is 14.4 Å². The Bertz CT molecular complexity index is 1430. The van der Waals surface area contributed by atoms with Crippen molar-refractivity contribution < 1.29 is 27.9 Å². The number of carbonyl (C=O) groups is 3. The Labute approximate surface area is 236 Å². The van der Waals surface area contributed by atoms with Gasteiger partial charge in [-0.3, -0.25) is 9.59 Å². The predicted octanol–water partition coefficient (Wildman–Crippen LogP) is 5.57. The lowest BCUT2D eigenvalue weighted by Crippen LogP contribution is -2.33. The van der Waals surface area contributed by atoms with Crippen LogP contribution in [0, 0.1) is 6.92 Å². The number of aromatic nitrogens is 3. The Morgan fingerprint density at radius 2 is 1.87 bits per heavy atom. The first-order valence-corrected chi connectivity index (χ1v) is 13.3. The largest absolute Gasteiger partial charge is 0.458 e. The highest BCUT2D eigenvalue weighted by molar-refractivity contribution is 9.10. The summed E-state index contributed by atoms with van der Waals surface area (Å²) in [5.41, 5.74) is -0.853. The van der Waals surface area contributed by atoms with E-state index in [2.05, 4.69) is 36.6 Å². The molecule has 13 heteroatoms. The van der Waals surface area contributed by atoms with Crippen LogP contribution in [0.5, 0.6) is 0 Å². The number of pyridine rings is 1. The number of amides is 2. The molecular formula is C26H25BrClF2N5O4. The second-order valence-corrected chi connectivity index (χ2v) is 10.3. The third-order valence-electron chi connectivity index (χ3n) is 6.34. The minimum Gasteiger partial charge on any atom is -0.458 e. The number of esters is 1. The molecule has 0 spiro atoms. The van der Waals surface area contributed by atoms with E-state index >= 15 is 8.78 Å². The molecule has 3 aromatic rings. The number of halogens is 4. The number of benzene rings is 1. The molecule has 9 nitrogen and oxygen atoms in total. The van der Waals surface area contributed by atoms with E-state index in [1.54, 1.807) is 12.1 Å². The summed E-state index contributed by atoms with van der Waals surface area (Å²) in [6.45, 7) is 1.44. The van der Waals surface area contributed by atoms with E-state index in [0.717, 1.165) is 31.4 Å². The van der Waals surface area contributed by atoms with Gasteiger partial charge in [0.25, 0.3) is 11.8 Å². The zero-order valence-corrected chi connectivity index (χ0v) is 23.4. The summed E-state index contributed by atoms with van der Waals surface area (Å²) in [7, 11) is 1.32. The van der Waals surface area contributed by atoms with Crippen LogP contribution in [-0.2, 0) is 15.5 Å². The zero-order chi connectivity index (χ0) is 28.3. The van der Waals surface area contributed by atoms with E-state index in [1.165, 1.54) is 30.9 Å². The molecule has 0 aliphatic heterocycles. The van der Waals surface area contributed by atoms with Crippen LogP contribution in [0.1, 0.15) is 64.1 Å². The molecule has 1 fully saturated rings. The Morgan fingerprint density at radius 3 is 2.54 bits per heavy atom. The number of rotatable bonds is 7. The van der Waals surface area contributed by atoms with Crippen LogP contribution >= 0.6 is 27.5 Å². The van der Waals surface area contributed by atoms with Crippen molar-refractivity contribution in [3.63, 3.8) is 0 Å². The van der Waals surface area contributed by atoms with Crippen LogP contribution < -0.4 is 10.6 Å². The minimum atomic E-state index is -4.01. The molecule has 0 saturated heterocycles. The van der Waals surface area contributed by atoms with E-state index in [0.29, 0.717) is 17.4 Å². The average Bonchev–Trinajstić information content (AvgIpc) is 3.31. The van der Waals surface area contributed by atoms with Crippen molar-refractivity contribution in [2.75, 3.05) is 12.4 Å². The smallest absolute Gasteiger partial charge is 0.382 e. The fourth-order valence-electron chi connectivity index (χ4n) is 4.36. The van der Waals surface area contributed by atoms with Crippen molar-refractivity contribution >= 4 is 51.0 Å². The highest BCUT2D eigenvalue weighted by atomic mass is 79.9. The monoisotopic (exact) mass is 623 g/mol. The maximum atomic E-state index is 15.2. The number of alkyl halides is 2. The Hall–Kier alpha value is -3.38. The molecule has 206 valence electrons. The third-order valence-corrected chi connectivity index (χ3v) is 7.02. The van der Waals surface area contributed by atoms with Gasteiger partial charge in [0.1, 0.15) is 16.4 Å². The lowest BCUT2D eigenvalue weighted by Gasteiger charge is -2.25. The summed E-state index contributed by atoms with van der Waals surface area (Å²) in [6.07, 6.45) is 4.56. The number of carbonyl (C=O) groups excluding carboxylic acids is 3. The highest BCUT2D eigenvalue weighted by Gasteiger charge is 2.45. The van der Waals surface area contributed by atoms with E-state index < -0.39 is 35.4 Å². The van der Waals surface area contributed by atoms with Crippen LogP contribution in [0.25, 0.3) is 5.82 Å². The number of nitrogens with one attached hydrogen (secondary N) is 2. The average molecular weight is 625 g/mol. The molecule has 2 heterocycles. The van der Waals surface area contributed by atoms with Crippen molar-refractivity contribution in [2.45, 2.75) is 51.1 Å². The molecule has 0 bridgehead atoms. The van der Waals surface area contributed by atoms with Crippen LogP contribution in [0.4, 0.5) is 14.5 Å². The van der Waals surface area contributed by atoms with Gasteiger partial charge < -0.3 is 15.4 Å². The van der Waals surface area contributed by atoms with Gasteiger partial charge in [-0.2, -0.15) is 13.9 Å². The summed E-state index contributed by atoms with van der Waals surface area (Å²) < 4.78 is 37.1. The van der Waals surface area contributed by atoms with Crippen LogP contribution in [0.2, 0.25) is 5.02 Å². The van der Waals surface area contributed by atoms with Crippen molar-refractivity contribution in [2.24, 2.45) is 0 Å². The maximum absolute atomic E-state index is 15.2. The lowest BCUT2D eigenvalue weighted by molar-refractivity contribution is -0.180. The second kappa shape index (κ2) is 11.8. The fraction of sp³-hybridized carbons (Fsp3) is 0.346. The summed E-state index contributed by atoms with van der Waals surface area (Å²) >= 11 is 9.46. The highest BCUT2D eigenvalue weighted by Crippen LogP contribution is 2.36. The van der Waals surface area contributed by atoms with Crippen molar-refractivity contribution in [1.29, 1.82) is 0 Å². The standard InChI is InChI=1S/C26H25BrClF2N5O4/c1-14-11-15(26(29,30)25(38)39-16-7-4-3-5-8-16)12-17(23(36)31-2)21(14)33-24(37)19-13-20(27)34-35(19)22-18(28)9-6-10-32-22/h6,9-13,16H,3-5,7-8H2,1-2H3,(H,31,36)(H,33,37). The van der Waals surface area contributed by atoms with E-state index in [1.807, 2.05) is 0 Å². The number of ether oxygens (including phenoxy) is 1. The van der Waals surface area contributed by atoms with Crippen LogP contribution in [0.15, 0.2) is 41.1 Å². The van der Waals surface area contributed by atoms with Gasteiger partial charge >= 0.3 is 11.9 Å². The van der Waals surface area contributed by atoms with Gasteiger partial charge in [-0.1, -0.05) is 18.0 Å². The first kappa shape index (κ1) is 28.6. The maximum Gasteiger partial charge on any atom is 0.382 e. The zero-order valence-electron chi connectivity index (χ0n) is 21.1. The second-order valence-electron chi connectivity index (χ2n) is 9.06. The van der Waals surface area contributed by atoms with Gasteiger partial charge in [-0.25, -0.2) is 14.5 Å². The number of hydrogen-bond donors (Lipinski definition) is 2. The van der Waals surface area contributed by atoms with Crippen molar-refractivity contribution in [1.82, 2.24) is 20.1 Å². The number of hydrogen-bond acceptors (Lipinski definition) is 6. The molecule has 2 N–H and O–H groups in total. The number of aryl methyl sites for hydroxylation is 1. The van der Waals surface area contributed by atoms with Gasteiger partial charge in [0.2, 0.25) is 0 Å². The van der Waals surface area contributed by atoms with Gasteiger partial charge in [0.15, 0.2) is 5.82 Å². The van der Waals surface area contributed by atoms with Crippen molar-refractivity contribution in [3.05, 3.63) is 68.5 Å². The first-order valence-electron chi connectivity index (χ1n) is 12.2. The molecule has 0 radical (unpaired) electrons. The molecule has 1 saturated carbocycles. The molecule has 1 aromatic carbocycles. The quantitative estimate of drug-likeness (QED) is 0.332. The Balaban J connectivity index is 1.68. The topological polar surface area (TPSA) is 115 Å². The summed E-state index contributed by atoms with van der Waals surface area (Å²) in [5, 5.41) is 9.44. The van der Waals surface area contributed by atoms with Gasteiger partial charge in [0.05, 0.1) is 16.3 Å². The first-order chi connectivity index (χ1) is 18.5. The van der Waals surface area contributed by atoms with Gasteiger partial charge in [0, 0.05) is 24.9 Å². The van der Waals surface area contributed by atoms with Gasteiger partial charge in [-0.15, -0.1) is 0 Å². The van der Waals surface area contributed by atoms with E-state index in [4.69, 9.17) is 16.3 Å². The molecule has 4 rings (SSSR count). The van der Waals surface area contributed by atoms with E-state index in [-0.39, 0.29) is 33.3 Å². The van der Waals surface area contributed by atoms with Crippen LogP contribution in [0.3, 0.4) is 0 Å². The molecule has 39 heavy (non-hydrogen) atoms. The predicted molar refractivity (Wildman–Crippen MR) is 143 cm³/mol. The molecule has 0 unspecified atom stereocenters. The fourth-order valence-corrected chi connectivity index (χ4v) is 4.94. The number of anilines is 1. The number of nitrogens with zero attached hydrogens (tertiary/aromatic N) is 3. The Kier molecular flexibility index (Phi) is 8.65. The molecular weight excluding hydrogens is 600 g/mol. The minimum absolute atomic E-state index is 0.00944. The normalized spacial score (nSPS) is 14.1. The SMILES string of the molecule is CNC(=O)c1cc(C(F)(F)C(=O)OC2CCCCC2)cc(C)c1NC(=O)c1cc(Br)nn1-c1ncccc1Cl. The molecule has 1 aliphatic rings. The molecule has 2 aromatic heterocycles. The summed E-state index contributed by atoms with van der Waals surface area (Å²) in [5.74, 6) is -6.94.